The lowest BCUT2D eigenvalue weighted by atomic mass is 10.0. The molecule has 0 heterocycles. The summed E-state index contributed by atoms with van der Waals surface area (Å²) in [6.07, 6.45) is 0. The van der Waals surface area contributed by atoms with E-state index in [1.807, 2.05) is 109 Å². The Morgan fingerprint density at radius 1 is 0.417 bits per heavy atom. The lowest BCUT2D eigenvalue weighted by molar-refractivity contribution is 0.401. The summed E-state index contributed by atoms with van der Waals surface area (Å²) in [6.45, 7) is 0. The molecule has 0 fully saturated rings. The zero-order chi connectivity index (χ0) is 25.2. The summed E-state index contributed by atoms with van der Waals surface area (Å²) in [5.41, 5.74) is 4.50. The molecule has 0 atom stereocenters. The molecule has 0 saturated heterocycles. The Labute approximate surface area is 211 Å². The first kappa shape index (κ1) is 24.4. The van der Waals surface area contributed by atoms with Gasteiger partial charge in [-0.05, 0) is 54.6 Å². The van der Waals surface area contributed by atoms with E-state index in [9.17, 15) is 0 Å². The maximum atomic E-state index is 5.70. The molecule has 0 amide bonds. The van der Waals surface area contributed by atoms with E-state index in [4.69, 9.17) is 29.2 Å². The van der Waals surface area contributed by atoms with Gasteiger partial charge in [-0.3, -0.25) is 0 Å². The molecule has 180 valence electrons. The topological polar surface area (TPSA) is 64.8 Å². The lowest BCUT2D eigenvalue weighted by Crippen LogP contribution is -2.12. The number of hydrogen-bond acceptors (Lipinski definition) is 6. The fourth-order valence-electron chi connectivity index (χ4n) is 3.54. The van der Waals surface area contributed by atoms with Gasteiger partial charge in [-0.15, -0.1) is 0 Å². The highest BCUT2D eigenvalue weighted by Gasteiger charge is 2.16. The van der Waals surface area contributed by atoms with Crippen molar-refractivity contribution in [1.29, 1.82) is 0 Å². The molecule has 6 heteroatoms. The Morgan fingerprint density at radius 2 is 0.667 bits per heavy atom. The third-order valence-corrected chi connectivity index (χ3v) is 5.21. The monoisotopic (exact) mass is 477 g/mol. The Kier molecular flexibility index (Phi) is 8.22. The smallest absolute Gasteiger partial charge is 0.221 e. The zero-order valence-electron chi connectivity index (χ0n) is 20.5. The second kappa shape index (κ2) is 12.1. The average Bonchev–Trinajstić information content (AvgIpc) is 2.94. The minimum atomic E-state index is 0.439. The van der Waals surface area contributed by atoms with Crippen molar-refractivity contribution >= 4 is 34.8 Å². The van der Waals surface area contributed by atoms with E-state index in [1.165, 1.54) is 0 Å². The van der Waals surface area contributed by atoms with Crippen LogP contribution in [0.5, 0.6) is 0 Å². The van der Waals surface area contributed by atoms with Gasteiger partial charge in [-0.25, -0.2) is 15.0 Å². The summed E-state index contributed by atoms with van der Waals surface area (Å²) < 4.78 is 17.1. The van der Waals surface area contributed by atoms with Crippen LogP contribution in [0.4, 0.5) is 17.1 Å². The first-order chi connectivity index (χ1) is 17.7. The van der Waals surface area contributed by atoms with Crippen LogP contribution in [0.15, 0.2) is 124 Å². The Bertz CT molecular complexity index is 1180. The molecule has 6 nitrogen and oxygen atoms in total. The maximum absolute atomic E-state index is 5.70. The molecule has 0 spiro atoms. The maximum Gasteiger partial charge on any atom is 0.221 e. The molecule has 4 aromatic carbocycles. The van der Waals surface area contributed by atoms with Crippen LogP contribution in [-0.4, -0.2) is 39.0 Å². The van der Waals surface area contributed by atoms with E-state index in [0.29, 0.717) is 17.7 Å². The predicted octanol–water partition coefficient (Wildman–Crippen LogP) is 6.86. The Balaban J connectivity index is 1.88. The number of ether oxygens (including phenoxy) is 3. The SMILES string of the molecule is CO/C(=N\c1ccccc1)c1cc(/C(=N/c2ccccc2)OC)cc(/C(=N/c2ccccc2)OC)c1. The van der Waals surface area contributed by atoms with Crippen LogP contribution in [0.3, 0.4) is 0 Å². The second-order valence-corrected chi connectivity index (χ2v) is 7.67. The molecule has 4 rings (SSSR count). The standard InChI is InChI=1S/C30H27N3O3/c1-34-28(31-25-13-7-4-8-14-25)22-19-23(29(35-2)32-26-15-9-5-10-16-26)21-24(20-22)30(36-3)33-27-17-11-6-12-18-27/h4-21H,1-3H3/b31-28-,32-29-,33-30-. The molecule has 0 unspecified atom stereocenters. The van der Waals surface area contributed by atoms with Crippen molar-refractivity contribution in [3.05, 3.63) is 126 Å². The van der Waals surface area contributed by atoms with Crippen LogP contribution in [-0.2, 0) is 14.2 Å². The van der Waals surface area contributed by atoms with Gasteiger partial charge >= 0.3 is 0 Å². The molecule has 4 aromatic rings. The van der Waals surface area contributed by atoms with E-state index in [0.717, 1.165) is 33.8 Å². The summed E-state index contributed by atoms with van der Waals surface area (Å²) in [4.78, 5) is 14.1. The predicted molar refractivity (Wildman–Crippen MR) is 145 cm³/mol. The molecule has 0 aliphatic rings. The van der Waals surface area contributed by atoms with Crippen LogP contribution in [0, 0.1) is 0 Å². The Morgan fingerprint density at radius 3 is 0.889 bits per heavy atom. The van der Waals surface area contributed by atoms with Crippen LogP contribution in [0.2, 0.25) is 0 Å². The third kappa shape index (κ3) is 6.24. The van der Waals surface area contributed by atoms with Crippen LogP contribution < -0.4 is 0 Å². The molecule has 0 radical (unpaired) electrons. The van der Waals surface area contributed by atoms with Crippen molar-refractivity contribution in [3.63, 3.8) is 0 Å². The second-order valence-electron chi connectivity index (χ2n) is 7.67. The van der Waals surface area contributed by atoms with Crippen molar-refractivity contribution in [2.24, 2.45) is 15.0 Å². The molecule has 0 aliphatic carbocycles. The highest BCUT2D eigenvalue weighted by Crippen LogP contribution is 2.22. The number of hydrogen-bond donors (Lipinski definition) is 0. The number of methoxy groups -OCH3 is 3. The summed E-state index contributed by atoms with van der Waals surface area (Å²) in [7, 11) is 4.79. The van der Waals surface area contributed by atoms with Gasteiger partial charge in [-0.2, -0.15) is 0 Å². The van der Waals surface area contributed by atoms with Gasteiger partial charge in [0.15, 0.2) is 0 Å². The zero-order valence-corrected chi connectivity index (χ0v) is 20.5. The number of para-hydroxylation sites is 3. The average molecular weight is 478 g/mol. The van der Waals surface area contributed by atoms with Gasteiger partial charge in [0.25, 0.3) is 0 Å². The van der Waals surface area contributed by atoms with Gasteiger partial charge in [0.2, 0.25) is 17.7 Å². The van der Waals surface area contributed by atoms with E-state index in [1.54, 1.807) is 21.3 Å². The summed E-state index contributed by atoms with van der Waals surface area (Å²) >= 11 is 0. The van der Waals surface area contributed by atoms with Gasteiger partial charge in [0, 0.05) is 16.7 Å². The highest BCUT2D eigenvalue weighted by atomic mass is 16.5. The Hall–Kier alpha value is -4.71. The van der Waals surface area contributed by atoms with Crippen molar-refractivity contribution in [3.8, 4) is 0 Å². The minimum absolute atomic E-state index is 0.439. The molecule has 0 bridgehead atoms. The van der Waals surface area contributed by atoms with E-state index >= 15 is 0 Å². The van der Waals surface area contributed by atoms with Crippen molar-refractivity contribution in [1.82, 2.24) is 0 Å². The molecule has 0 N–H and O–H groups in total. The normalized spacial score (nSPS) is 12.2. The first-order valence-electron chi connectivity index (χ1n) is 11.4. The number of aliphatic imine (C=N–C) groups is 3. The van der Waals surface area contributed by atoms with E-state index in [-0.39, 0.29) is 0 Å². The van der Waals surface area contributed by atoms with Crippen molar-refractivity contribution in [2.75, 3.05) is 21.3 Å². The van der Waals surface area contributed by atoms with Gasteiger partial charge in [0.1, 0.15) is 0 Å². The summed E-state index contributed by atoms with van der Waals surface area (Å²) in [6, 6.07) is 34.7. The summed E-state index contributed by atoms with van der Waals surface area (Å²) in [5.74, 6) is 1.32. The van der Waals surface area contributed by atoms with Crippen LogP contribution in [0.1, 0.15) is 16.7 Å². The first-order valence-corrected chi connectivity index (χ1v) is 11.4. The quantitative estimate of drug-likeness (QED) is 0.225. The van der Waals surface area contributed by atoms with Crippen LogP contribution in [0.25, 0.3) is 0 Å². The lowest BCUT2D eigenvalue weighted by Gasteiger charge is -2.13. The fraction of sp³-hybridized carbons (Fsp3) is 0.100. The third-order valence-electron chi connectivity index (χ3n) is 5.21. The largest absolute Gasteiger partial charge is 0.481 e. The van der Waals surface area contributed by atoms with E-state index < -0.39 is 0 Å². The van der Waals surface area contributed by atoms with E-state index in [2.05, 4.69) is 0 Å². The number of nitrogens with zero attached hydrogens (tertiary/aromatic N) is 3. The highest BCUT2D eigenvalue weighted by molar-refractivity contribution is 6.05. The molecule has 0 aliphatic heterocycles. The number of benzene rings is 4. The van der Waals surface area contributed by atoms with Gasteiger partial charge in [-0.1, -0.05) is 54.6 Å². The van der Waals surface area contributed by atoms with Crippen molar-refractivity contribution < 1.29 is 14.2 Å². The fourth-order valence-corrected chi connectivity index (χ4v) is 3.54. The molecule has 0 saturated carbocycles. The number of rotatable bonds is 6. The molecule has 0 aromatic heterocycles. The van der Waals surface area contributed by atoms with Gasteiger partial charge < -0.3 is 14.2 Å². The molecule has 36 heavy (non-hydrogen) atoms. The minimum Gasteiger partial charge on any atom is -0.481 e. The van der Waals surface area contributed by atoms with Crippen LogP contribution >= 0.6 is 0 Å². The van der Waals surface area contributed by atoms with Gasteiger partial charge in [0.05, 0.1) is 38.4 Å². The van der Waals surface area contributed by atoms with Crippen molar-refractivity contribution in [2.45, 2.75) is 0 Å². The summed E-state index contributed by atoms with van der Waals surface area (Å²) in [5, 5.41) is 0. The molecular weight excluding hydrogens is 450 g/mol. The molecular formula is C30H27N3O3.